The zero-order valence-corrected chi connectivity index (χ0v) is 17.3. The van der Waals surface area contributed by atoms with Gasteiger partial charge in [0.05, 0.1) is 25.5 Å². The van der Waals surface area contributed by atoms with E-state index < -0.39 is 0 Å². The minimum absolute atomic E-state index is 0.603. The van der Waals surface area contributed by atoms with E-state index in [1.165, 1.54) is 0 Å². The summed E-state index contributed by atoms with van der Waals surface area (Å²) in [7, 11) is 3.32. The van der Waals surface area contributed by atoms with Crippen molar-refractivity contribution in [3.63, 3.8) is 0 Å². The van der Waals surface area contributed by atoms with Gasteiger partial charge in [0, 0.05) is 44.3 Å². The molecule has 1 aromatic heterocycles. The molecule has 1 saturated heterocycles. The number of methoxy groups -OCH3 is 2. The lowest BCUT2D eigenvalue weighted by Crippen LogP contribution is -2.48. The summed E-state index contributed by atoms with van der Waals surface area (Å²) in [6.45, 7) is 13.6. The molecule has 0 saturated carbocycles. The van der Waals surface area contributed by atoms with E-state index >= 15 is 0 Å². The van der Waals surface area contributed by atoms with Crippen molar-refractivity contribution >= 4 is 0 Å². The molecule has 0 bridgehead atoms. The van der Waals surface area contributed by atoms with Crippen LogP contribution in [-0.4, -0.2) is 61.2 Å². The molecule has 6 heteroatoms. The fourth-order valence-corrected chi connectivity index (χ4v) is 3.67. The first-order valence-electron chi connectivity index (χ1n) is 9.59. The Morgan fingerprint density at radius 1 is 1.07 bits per heavy atom. The molecular weight excluding hydrogens is 342 g/mol. The number of piperazine rings is 1. The fraction of sp³-hybridized carbons (Fsp3) is 0.571. The Morgan fingerprint density at radius 3 is 2.37 bits per heavy atom. The maximum absolute atomic E-state index is 6.00. The van der Waals surface area contributed by atoms with Crippen molar-refractivity contribution in [2.24, 2.45) is 0 Å². The van der Waals surface area contributed by atoms with E-state index in [1.807, 2.05) is 26.0 Å². The molecule has 0 radical (unpaired) electrons. The van der Waals surface area contributed by atoms with Gasteiger partial charge in [-0.3, -0.25) is 9.80 Å². The normalized spacial score (nSPS) is 16.1. The third kappa shape index (κ3) is 4.12. The predicted molar refractivity (Wildman–Crippen MR) is 107 cm³/mol. The minimum atomic E-state index is 0.603. The standard InChI is InChI=1S/C21H31N3O3/c1-14(2)24-11-9-23(10-12-24)13-18-16(4)27-21(22-18)17-7-8-19(25-5)15(3)20(17)26-6/h7-8,14H,9-13H2,1-6H3. The van der Waals surface area contributed by atoms with Crippen LogP contribution in [0.2, 0.25) is 0 Å². The third-order valence-corrected chi connectivity index (χ3v) is 5.41. The third-order valence-electron chi connectivity index (χ3n) is 5.41. The molecule has 1 aliphatic heterocycles. The first kappa shape index (κ1) is 19.7. The summed E-state index contributed by atoms with van der Waals surface area (Å²) in [4.78, 5) is 9.76. The van der Waals surface area contributed by atoms with Gasteiger partial charge in [0.2, 0.25) is 5.89 Å². The highest BCUT2D eigenvalue weighted by Crippen LogP contribution is 2.38. The molecule has 0 unspecified atom stereocenters. The highest BCUT2D eigenvalue weighted by Gasteiger charge is 2.23. The maximum atomic E-state index is 6.00. The summed E-state index contributed by atoms with van der Waals surface area (Å²) in [6, 6.07) is 4.48. The highest BCUT2D eigenvalue weighted by atomic mass is 16.5. The average Bonchev–Trinajstić information content (AvgIpc) is 3.02. The molecule has 6 nitrogen and oxygen atoms in total. The number of aryl methyl sites for hydroxylation is 1. The molecular formula is C21H31N3O3. The first-order chi connectivity index (χ1) is 12.9. The van der Waals surface area contributed by atoms with E-state index in [0.717, 1.165) is 66.8 Å². The molecule has 148 valence electrons. The van der Waals surface area contributed by atoms with Crippen LogP contribution >= 0.6 is 0 Å². The van der Waals surface area contributed by atoms with Crippen molar-refractivity contribution in [2.75, 3.05) is 40.4 Å². The summed E-state index contributed by atoms with van der Waals surface area (Å²) >= 11 is 0. The lowest BCUT2D eigenvalue weighted by molar-refractivity contribution is 0.103. The monoisotopic (exact) mass is 373 g/mol. The summed E-state index contributed by atoms with van der Waals surface area (Å²) < 4.78 is 17.0. The van der Waals surface area contributed by atoms with Gasteiger partial charge in [0.1, 0.15) is 17.3 Å². The zero-order chi connectivity index (χ0) is 19.6. The van der Waals surface area contributed by atoms with Crippen LogP contribution in [0, 0.1) is 13.8 Å². The van der Waals surface area contributed by atoms with Crippen molar-refractivity contribution < 1.29 is 13.9 Å². The van der Waals surface area contributed by atoms with Crippen LogP contribution in [0.5, 0.6) is 11.5 Å². The van der Waals surface area contributed by atoms with Gasteiger partial charge in [-0.25, -0.2) is 4.98 Å². The SMILES string of the molecule is COc1ccc(-c2nc(CN3CCN(C(C)C)CC3)c(C)o2)c(OC)c1C. The molecule has 27 heavy (non-hydrogen) atoms. The van der Waals surface area contributed by atoms with Gasteiger partial charge in [-0.05, 0) is 39.8 Å². The lowest BCUT2D eigenvalue weighted by atomic mass is 10.1. The number of oxazole rings is 1. The molecule has 3 rings (SSSR count). The molecule has 2 aromatic rings. The smallest absolute Gasteiger partial charge is 0.230 e. The summed E-state index contributed by atoms with van der Waals surface area (Å²) in [5.41, 5.74) is 2.80. The summed E-state index contributed by atoms with van der Waals surface area (Å²) in [5, 5.41) is 0. The number of aromatic nitrogens is 1. The van der Waals surface area contributed by atoms with Crippen molar-refractivity contribution in [2.45, 2.75) is 40.3 Å². The van der Waals surface area contributed by atoms with Gasteiger partial charge in [-0.15, -0.1) is 0 Å². The predicted octanol–water partition coefficient (Wildman–Crippen LogP) is 3.50. The van der Waals surface area contributed by atoms with Gasteiger partial charge < -0.3 is 13.9 Å². The average molecular weight is 373 g/mol. The molecule has 0 atom stereocenters. The number of hydrogen-bond acceptors (Lipinski definition) is 6. The Bertz CT molecular complexity index is 777. The second-order valence-electron chi connectivity index (χ2n) is 7.40. The lowest BCUT2D eigenvalue weighted by Gasteiger charge is -2.36. The Labute approximate surface area is 162 Å². The van der Waals surface area contributed by atoms with Crippen LogP contribution in [0.15, 0.2) is 16.5 Å². The zero-order valence-electron chi connectivity index (χ0n) is 17.3. The van der Waals surface area contributed by atoms with Gasteiger partial charge in [0.15, 0.2) is 0 Å². The van der Waals surface area contributed by atoms with Crippen LogP contribution in [0.1, 0.15) is 30.9 Å². The Morgan fingerprint density at radius 2 is 1.78 bits per heavy atom. The molecule has 2 heterocycles. The highest BCUT2D eigenvalue weighted by molar-refractivity contribution is 5.68. The van der Waals surface area contributed by atoms with Gasteiger partial charge in [0.25, 0.3) is 0 Å². The number of ether oxygens (including phenoxy) is 2. The van der Waals surface area contributed by atoms with Crippen molar-refractivity contribution in [1.29, 1.82) is 0 Å². The second-order valence-corrected chi connectivity index (χ2v) is 7.40. The number of hydrogen-bond donors (Lipinski definition) is 0. The fourth-order valence-electron chi connectivity index (χ4n) is 3.67. The van der Waals surface area contributed by atoms with Gasteiger partial charge in [-0.2, -0.15) is 0 Å². The van der Waals surface area contributed by atoms with Crippen LogP contribution < -0.4 is 9.47 Å². The molecule has 0 aliphatic carbocycles. The number of rotatable bonds is 6. The van der Waals surface area contributed by atoms with Crippen molar-refractivity contribution in [3.8, 4) is 23.0 Å². The summed E-state index contributed by atoms with van der Waals surface area (Å²) in [6.07, 6.45) is 0. The maximum Gasteiger partial charge on any atom is 0.230 e. The number of nitrogens with zero attached hydrogens (tertiary/aromatic N) is 3. The molecule has 1 aromatic carbocycles. The van der Waals surface area contributed by atoms with Crippen LogP contribution in [0.3, 0.4) is 0 Å². The van der Waals surface area contributed by atoms with E-state index in [-0.39, 0.29) is 0 Å². The second kappa shape index (κ2) is 8.31. The van der Waals surface area contributed by atoms with E-state index in [1.54, 1.807) is 14.2 Å². The molecule has 0 spiro atoms. The van der Waals surface area contributed by atoms with Crippen LogP contribution in [-0.2, 0) is 6.54 Å². The minimum Gasteiger partial charge on any atom is -0.496 e. The van der Waals surface area contributed by atoms with E-state index in [4.69, 9.17) is 18.9 Å². The van der Waals surface area contributed by atoms with E-state index in [2.05, 4.69) is 23.6 Å². The molecule has 0 N–H and O–H groups in total. The summed E-state index contributed by atoms with van der Waals surface area (Å²) in [5.74, 6) is 3.01. The van der Waals surface area contributed by atoms with Crippen molar-refractivity contribution in [1.82, 2.24) is 14.8 Å². The Balaban J connectivity index is 1.79. The molecule has 1 fully saturated rings. The largest absolute Gasteiger partial charge is 0.496 e. The van der Waals surface area contributed by atoms with E-state index in [9.17, 15) is 0 Å². The first-order valence-corrected chi connectivity index (χ1v) is 9.59. The topological polar surface area (TPSA) is 51.0 Å². The number of benzene rings is 1. The van der Waals surface area contributed by atoms with E-state index in [0.29, 0.717) is 11.9 Å². The van der Waals surface area contributed by atoms with Crippen LogP contribution in [0.4, 0.5) is 0 Å². The quantitative estimate of drug-likeness (QED) is 0.772. The molecule has 1 aliphatic rings. The van der Waals surface area contributed by atoms with Crippen molar-refractivity contribution in [3.05, 3.63) is 29.2 Å². The van der Waals surface area contributed by atoms with Crippen LogP contribution in [0.25, 0.3) is 11.5 Å². The molecule has 0 amide bonds. The Hall–Kier alpha value is -2.05. The Kier molecular flexibility index (Phi) is 6.07. The van der Waals surface area contributed by atoms with Gasteiger partial charge in [-0.1, -0.05) is 0 Å². The van der Waals surface area contributed by atoms with Gasteiger partial charge >= 0.3 is 0 Å².